The molecule has 0 aliphatic rings. The fourth-order valence-electron chi connectivity index (χ4n) is 2.04. The lowest BCUT2D eigenvalue weighted by Gasteiger charge is -2.36. The summed E-state index contributed by atoms with van der Waals surface area (Å²) < 4.78 is 11.0. The first kappa shape index (κ1) is 22.8. The molecule has 27 heavy (non-hydrogen) atoms. The van der Waals surface area contributed by atoms with Crippen molar-refractivity contribution in [1.29, 1.82) is 0 Å². The molecule has 7 nitrogen and oxygen atoms in total. The number of benzene rings is 1. The van der Waals surface area contributed by atoms with Gasteiger partial charge in [-0.05, 0) is 42.8 Å². The molecule has 0 radical (unpaired) electrons. The fourth-order valence-corrected chi connectivity index (χ4v) is 3.10. The van der Waals surface area contributed by atoms with Crippen LogP contribution in [0.1, 0.15) is 44.5 Å². The highest BCUT2D eigenvalue weighted by atomic mass is 28.4. The molecular formula is C19H30N2O5Si. The molecule has 1 rings (SSSR count). The van der Waals surface area contributed by atoms with Gasteiger partial charge in [-0.15, -0.1) is 0 Å². The smallest absolute Gasteiger partial charge is 0.308 e. The molecule has 0 aliphatic carbocycles. The highest BCUT2D eigenvalue weighted by Gasteiger charge is 2.37. The predicted octanol–water partition coefficient (Wildman–Crippen LogP) is 2.61. The third kappa shape index (κ3) is 7.14. The monoisotopic (exact) mass is 394 g/mol. The zero-order valence-corrected chi connectivity index (χ0v) is 17.9. The van der Waals surface area contributed by atoms with Gasteiger partial charge in [0.15, 0.2) is 8.32 Å². The maximum atomic E-state index is 12.4. The maximum Gasteiger partial charge on any atom is 0.308 e. The van der Waals surface area contributed by atoms with Gasteiger partial charge in [-0.2, -0.15) is 0 Å². The van der Waals surface area contributed by atoms with Crippen molar-refractivity contribution in [2.24, 2.45) is 5.73 Å². The zero-order chi connectivity index (χ0) is 20.8. The molecule has 1 aromatic carbocycles. The highest BCUT2D eigenvalue weighted by Crippen LogP contribution is 2.36. The maximum absolute atomic E-state index is 12.4. The van der Waals surface area contributed by atoms with Gasteiger partial charge in [0.25, 0.3) is 5.91 Å². The van der Waals surface area contributed by atoms with E-state index >= 15 is 0 Å². The summed E-state index contributed by atoms with van der Waals surface area (Å²) in [6.07, 6.45) is 0.289. The molecule has 150 valence electrons. The predicted molar refractivity (Wildman–Crippen MR) is 106 cm³/mol. The van der Waals surface area contributed by atoms with Crippen molar-refractivity contribution in [2.45, 2.75) is 58.3 Å². The van der Waals surface area contributed by atoms with Gasteiger partial charge < -0.3 is 20.2 Å². The van der Waals surface area contributed by atoms with Gasteiger partial charge in [-0.3, -0.25) is 14.4 Å². The molecule has 0 heterocycles. The Morgan fingerprint density at radius 2 is 1.85 bits per heavy atom. The summed E-state index contributed by atoms with van der Waals surface area (Å²) in [6, 6.07) is 5.30. The number of carbonyl (C=O) groups excluding carboxylic acids is 3. The van der Waals surface area contributed by atoms with Gasteiger partial charge in [0.05, 0.1) is 0 Å². The van der Waals surface area contributed by atoms with Crippen LogP contribution in [0.3, 0.4) is 0 Å². The average molecular weight is 395 g/mol. The van der Waals surface area contributed by atoms with Crippen LogP contribution in [0.25, 0.3) is 0 Å². The van der Waals surface area contributed by atoms with Gasteiger partial charge >= 0.3 is 5.97 Å². The van der Waals surface area contributed by atoms with E-state index in [4.69, 9.17) is 14.9 Å². The minimum Gasteiger partial charge on any atom is -0.427 e. The van der Waals surface area contributed by atoms with Crippen LogP contribution in [0.2, 0.25) is 18.1 Å². The minimum atomic E-state index is -1.95. The number of esters is 1. The van der Waals surface area contributed by atoms with E-state index in [9.17, 15) is 14.4 Å². The van der Waals surface area contributed by atoms with E-state index in [-0.39, 0.29) is 22.8 Å². The molecule has 0 aromatic heterocycles. The van der Waals surface area contributed by atoms with Crippen molar-refractivity contribution in [3.05, 3.63) is 29.8 Å². The van der Waals surface area contributed by atoms with Crippen molar-refractivity contribution in [3.8, 4) is 5.75 Å². The average Bonchev–Trinajstić information content (AvgIpc) is 2.52. The summed E-state index contributed by atoms with van der Waals surface area (Å²) in [5.74, 6) is -1.32. The van der Waals surface area contributed by atoms with Gasteiger partial charge in [-0.1, -0.05) is 26.8 Å². The number of primary amides is 1. The first-order chi connectivity index (χ1) is 12.3. The fraction of sp³-hybridized carbons (Fsp3) is 0.526. The minimum absolute atomic E-state index is 0.0512. The van der Waals surface area contributed by atoms with Gasteiger partial charge in [0.1, 0.15) is 11.8 Å². The first-order valence-electron chi connectivity index (χ1n) is 8.86. The van der Waals surface area contributed by atoms with E-state index in [1.54, 1.807) is 18.2 Å². The second-order valence-electron chi connectivity index (χ2n) is 7.95. The van der Waals surface area contributed by atoms with Gasteiger partial charge in [0.2, 0.25) is 5.91 Å². The van der Waals surface area contributed by atoms with Crippen LogP contribution >= 0.6 is 0 Å². The third-order valence-corrected chi connectivity index (χ3v) is 9.22. The molecule has 2 amide bonds. The Morgan fingerprint density at radius 1 is 1.22 bits per heavy atom. The van der Waals surface area contributed by atoms with E-state index in [1.165, 1.54) is 13.0 Å². The molecule has 0 bridgehead atoms. The number of nitrogens with two attached hydrogens (primary N) is 1. The van der Waals surface area contributed by atoms with Crippen molar-refractivity contribution in [3.63, 3.8) is 0 Å². The zero-order valence-electron chi connectivity index (χ0n) is 16.9. The van der Waals surface area contributed by atoms with Crippen LogP contribution < -0.4 is 15.8 Å². The van der Waals surface area contributed by atoms with E-state index < -0.39 is 32.1 Å². The van der Waals surface area contributed by atoms with Gasteiger partial charge in [-0.25, -0.2) is 0 Å². The summed E-state index contributed by atoms with van der Waals surface area (Å²) in [7, 11) is -1.95. The molecule has 0 saturated carbocycles. The number of carbonyl (C=O) groups is 3. The molecular weight excluding hydrogens is 364 g/mol. The molecule has 0 fully saturated rings. The van der Waals surface area contributed by atoms with Crippen LogP contribution in [0.5, 0.6) is 5.75 Å². The number of hydrogen-bond acceptors (Lipinski definition) is 5. The van der Waals surface area contributed by atoms with Gasteiger partial charge in [0, 0.05) is 19.1 Å². The lowest BCUT2D eigenvalue weighted by molar-refractivity contribution is -0.131. The number of nitrogens with one attached hydrogen (secondary N) is 1. The Morgan fingerprint density at radius 3 is 2.37 bits per heavy atom. The molecule has 0 saturated heterocycles. The Bertz CT molecular complexity index is 698. The summed E-state index contributed by atoms with van der Waals surface area (Å²) in [6.45, 7) is 12.2. The topological polar surface area (TPSA) is 108 Å². The van der Waals surface area contributed by atoms with E-state index in [2.05, 4.69) is 39.2 Å². The standard InChI is InChI=1S/C19H30N2O5Si/c1-13(22)26-15-9-7-8-14(12-15)18(24)21-16(17(20)23)10-11-25-27(5,6)19(2,3)4/h7-9,12,16H,10-11H2,1-6H3,(H2,20,23)(H,21,24)/t16-/m1/s1. The Hall–Kier alpha value is -2.19. The van der Waals surface area contributed by atoms with E-state index in [1.807, 2.05) is 0 Å². The molecule has 0 unspecified atom stereocenters. The summed E-state index contributed by atoms with van der Waals surface area (Å²) in [5.41, 5.74) is 5.70. The van der Waals surface area contributed by atoms with Crippen LogP contribution in [-0.4, -0.2) is 38.7 Å². The number of hydrogen-bond donors (Lipinski definition) is 2. The van der Waals surface area contributed by atoms with Crippen LogP contribution in [0.15, 0.2) is 24.3 Å². The Balaban J connectivity index is 2.73. The molecule has 0 spiro atoms. The van der Waals surface area contributed by atoms with E-state index in [0.717, 1.165) is 0 Å². The molecule has 3 N–H and O–H groups in total. The first-order valence-corrected chi connectivity index (χ1v) is 11.8. The Kier molecular flexibility index (Phi) is 7.73. The summed E-state index contributed by atoms with van der Waals surface area (Å²) >= 11 is 0. The second kappa shape index (κ2) is 9.14. The third-order valence-electron chi connectivity index (χ3n) is 4.68. The van der Waals surface area contributed by atoms with Crippen LogP contribution in [0.4, 0.5) is 0 Å². The van der Waals surface area contributed by atoms with Crippen molar-refractivity contribution >= 4 is 26.1 Å². The SMILES string of the molecule is CC(=O)Oc1cccc(C(=O)N[C@H](CCO[Si](C)(C)C(C)(C)C)C(N)=O)c1. The van der Waals surface area contributed by atoms with E-state index in [0.29, 0.717) is 6.61 Å². The Labute approximate surface area is 161 Å². The normalized spacial score (nSPS) is 13.0. The number of rotatable bonds is 8. The van der Waals surface area contributed by atoms with Crippen LogP contribution in [0, 0.1) is 0 Å². The largest absolute Gasteiger partial charge is 0.427 e. The summed E-state index contributed by atoms with van der Waals surface area (Å²) in [4.78, 5) is 35.2. The lowest BCUT2D eigenvalue weighted by Crippen LogP contribution is -2.47. The lowest BCUT2D eigenvalue weighted by atomic mass is 10.1. The number of amides is 2. The van der Waals surface area contributed by atoms with Crippen LogP contribution in [-0.2, 0) is 14.0 Å². The van der Waals surface area contributed by atoms with Crippen molar-refractivity contribution in [1.82, 2.24) is 5.32 Å². The molecule has 1 atom stereocenters. The highest BCUT2D eigenvalue weighted by molar-refractivity contribution is 6.74. The number of ether oxygens (including phenoxy) is 1. The molecule has 1 aromatic rings. The van der Waals surface area contributed by atoms with Crippen molar-refractivity contribution < 1.29 is 23.5 Å². The van der Waals surface area contributed by atoms with Crippen molar-refractivity contribution in [2.75, 3.05) is 6.61 Å². The summed E-state index contributed by atoms with van der Waals surface area (Å²) in [5, 5.41) is 2.67. The molecule has 0 aliphatic heterocycles. The quantitative estimate of drug-likeness (QED) is 0.400. The molecule has 8 heteroatoms. The second-order valence-corrected chi connectivity index (χ2v) is 12.8.